The highest BCUT2D eigenvalue weighted by Crippen LogP contribution is 2.31. The van der Waals surface area contributed by atoms with E-state index < -0.39 is 0 Å². The first kappa shape index (κ1) is 6.28. The van der Waals surface area contributed by atoms with Crippen LogP contribution >= 0.6 is 11.8 Å². The van der Waals surface area contributed by atoms with E-state index in [2.05, 4.69) is 17.1 Å². The van der Waals surface area contributed by atoms with Gasteiger partial charge in [-0.2, -0.15) is 0 Å². The van der Waals surface area contributed by atoms with Crippen LogP contribution in [0.15, 0.2) is 17.1 Å². The number of nitrogens with two attached hydrogens (primary N) is 1. The molecule has 0 amide bonds. The molecule has 0 fully saturated rings. The molecule has 2 atom stereocenters. The Morgan fingerprint density at radius 1 is 1.70 bits per heavy atom. The van der Waals surface area contributed by atoms with Gasteiger partial charge in [0.25, 0.3) is 0 Å². The van der Waals surface area contributed by atoms with Crippen LogP contribution in [-0.4, -0.2) is 16.5 Å². The van der Waals surface area contributed by atoms with Gasteiger partial charge in [-0.1, -0.05) is 23.9 Å². The van der Waals surface area contributed by atoms with E-state index in [0.29, 0.717) is 11.3 Å². The van der Waals surface area contributed by atoms with E-state index in [9.17, 15) is 0 Å². The summed E-state index contributed by atoms with van der Waals surface area (Å²) >= 11 is 1.73. The van der Waals surface area contributed by atoms with Gasteiger partial charge in [-0.25, -0.2) is 0 Å². The third-order valence-corrected chi connectivity index (χ3v) is 3.04. The van der Waals surface area contributed by atoms with Crippen LogP contribution in [0, 0.1) is 0 Å². The molecule has 2 unspecified atom stereocenters. The van der Waals surface area contributed by atoms with E-state index in [-0.39, 0.29) is 0 Å². The molecular formula is C7H10N2S. The lowest BCUT2D eigenvalue weighted by Crippen LogP contribution is -2.17. The number of rotatable bonds is 0. The topological polar surface area (TPSA) is 38.4 Å². The van der Waals surface area contributed by atoms with Crippen molar-refractivity contribution in [1.29, 1.82) is 0 Å². The van der Waals surface area contributed by atoms with E-state index >= 15 is 0 Å². The fraction of sp³-hybridized carbons (Fsp3) is 0.571. The second kappa shape index (κ2) is 2.31. The first-order valence-corrected chi connectivity index (χ1v) is 4.41. The molecule has 1 aliphatic carbocycles. The number of aliphatic imine (C=N–C) groups is 1. The predicted molar refractivity (Wildman–Crippen MR) is 45.2 cm³/mol. The number of hydrogen-bond donors (Lipinski definition) is 1. The highest BCUT2D eigenvalue weighted by molar-refractivity contribution is 8.14. The number of amidine groups is 1. The molecule has 0 aromatic heterocycles. The van der Waals surface area contributed by atoms with Crippen LogP contribution in [0.3, 0.4) is 0 Å². The summed E-state index contributed by atoms with van der Waals surface area (Å²) in [7, 11) is 0. The lowest BCUT2D eigenvalue weighted by molar-refractivity contribution is 0.676. The third kappa shape index (κ3) is 0.944. The van der Waals surface area contributed by atoms with Gasteiger partial charge in [-0.3, -0.25) is 4.99 Å². The van der Waals surface area contributed by atoms with Gasteiger partial charge in [0.2, 0.25) is 0 Å². The Hall–Kier alpha value is -0.440. The van der Waals surface area contributed by atoms with Crippen LogP contribution in [0.5, 0.6) is 0 Å². The van der Waals surface area contributed by atoms with Gasteiger partial charge in [0, 0.05) is 5.25 Å². The number of fused-ring (bicyclic) bond motifs is 1. The van der Waals surface area contributed by atoms with Crippen molar-refractivity contribution in [3.8, 4) is 0 Å². The zero-order chi connectivity index (χ0) is 6.97. The quantitative estimate of drug-likeness (QED) is 0.531. The van der Waals surface area contributed by atoms with Crippen molar-refractivity contribution in [3.05, 3.63) is 12.2 Å². The Kier molecular flexibility index (Phi) is 1.45. The summed E-state index contributed by atoms with van der Waals surface area (Å²) in [5.41, 5.74) is 5.57. The average molecular weight is 154 g/mol. The molecule has 54 valence electrons. The highest BCUT2D eigenvalue weighted by atomic mass is 32.2. The first-order chi connectivity index (χ1) is 4.86. The zero-order valence-electron chi connectivity index (χ0n) is 5.66. The second-order valence-corrected chi connectivity index (χ2v) is 3.88. The van der Waals surface area contributed by atoms with Gasteiger partial charge >= 0.3 is 0 Å². The molecule has 2 rings (SSSR count). The summed E-state index contributed by atoms with van der Waals surface area (Å²) in [6, 6.07) is 0.388. The molecule has 0 radical (unpaired) electrons. The monoisotopic (exact) mass is 154 g/mol. The standard InChI is InChI=1S/C7H10N2S/c8-7-9-5-3-1-2-4-6(5)10-7/h1,3,5-6H,2,4H2,(H2,8,9). The summed E-state index contributed by atoms with van der Waals surface area (Å²) in [5, 5.41) is 1.41. The van der Waals surface area contributed by atoms with Gasteiger partial charge < -0.3 is 5.73 Å². The molecular weight excluding hydrogens is 144 g/mol. The molecule has 0 saturated heterocycles. The molecule has 0 aromatic carbocycles. The minimum Gasteiger partial charge on any atom is -0.379 e. The van der Waals surface area contributed by atoms with E-state index in [1.165, 1.54) is 12.8 Å². The number of hydrogen-bond acceptors (Lipinski definition) is 3. The Balaban J connectivity index is 2.17. The van der Waals surface area contributed by atoms with E-state index in [1.54, 1.807) is 11.8 Å². The van der Waals surface area contributed by atoms with Gasteiger partial charge in [0.05, 0.1) is 6.04 Å². The maximum absolute atomic E-state index is 5.57. The Morgan fingerprint density at radius 3 is 3.40 bits per heavy atom. The molecule has 3 heteroatoms. The van der Waals surface area contributed by atoms with Crippen LogP contribution in [0.1, 0.15) is 12.8 Å². The van der Waals surface area contributed by atoms with Crippen molar-refractivity contribution < 1.29 is 0 Å². The Labute approximate surface area is 64.6 Å². The van der Waals surface area contributed by atoms with E-state index in [1.807, 2.05) is 0 Å². The number of thioether (sulfide) groups is 1. The SMILES string of the molecule is NC1=NC2C=CCCC2S1. The molecule has 2 aliphatic rings. The molecule has 1 heterocycles. The molecule has 10 heavy (non-hydrogen) atoms. The van der Waals surface area contributed by atoms with Crippen molar-refractivity contribution in [3.63, 3.8) is 0 Å². The lowest BCUT2D eigenvalue weighted by Gasteiger charge is -2.15. The summed E-state index contributed by atoms with van der Waals surface area (Å²) < 4.78 is 0. The normalized spacial score (nSPS) is 37.4. The van der Waals surface area contributed by atoms with Crippen molar-refractivity contribution in [2.24, 2.45) is 10.7 Å². The maximum Gasteiger partial charge on any atom is 0.154 e. The molecule has 2 N–H and O–H groups in total. The minimum atomic E-state index is 0.388. The van der Waals surface area contributed by atoms with Crippen LogP contribution in [0.4, 0.5) is 0 Å². The smallest absolute Gasteiger partial charge is 0.154 e. The van der Waals surface area contributed by atoms with Gasteiger partial charge in [-0.15, -0.1) is 0 Å². The van der Waals surface area contributed by atoms with Crippen molar-refractivity contribution in [2.75, 3.05) is 0 Å². The van der Waals surface area contributed by atoms with E-state index in [0.717, 1.165) is 5.17 Å². The Bertz CT molecular complexity index is 198. The number of nitrogens with zero attached hydrogens (tertiary/aromatic N) is 1. The van der Waals surface area contributed by atoms with Gasteiger partial charge in [0.1, 0.15) is 0 Å². The van der Waals surface area contributed by atoms with Gasteiger partial charge in [-0.05, 0) is 12.8 Å². The summed E-state index contributed by atoms with van der Waals surface area (Å²) in [5.74, 6) is 0. The molecule has 0 saturated carbocycles. The zero-order valence-corrected chi connectivity index (χ0v) is 6.47. The van der Waals surface area contributed by atoms with Crippen molar-refractivity contribution in [2.45, 2.75) is 24.1 Å². The lowest BCUT2D eigenvalue weighted by atomic mass is 10.0. The highest BCUT2D eigenvalue weighted by Gasteiger charge is 2.27. The third-order valence-electron chi connectivity index (χ3n) is 1.88. The van der Waals surface area contributed by atoms with Crippen LogP contribution < -0.4 is 5.73 Å². The fourth-order valence-electron chi connectivity index (χ4n) is 1.38. The minimum absolute atomic E-state index is 0.388. The summed E-state index contributed by atoms with van der Waals surface area (Å²) in [4.78, 5) is 4.28. The fourth-order valence-corrected chi connectivity index (χ4v) is 2.42. The summed E-state index contributed by atoms with van der Waals surface area (Å²) in [6.07, 6.45) is 6.79. The van der Waals surface area contributed by atoms with Crippen LogP contribution in [-0.2, 0) is 0 Å². The molecule has 0 aromatic rings. The number of allylic oxidation sites excluding steroid dienone is 1. The largest absolute Gasteiger partial charge is 0.379 e. The van der Waals surface area contributed by atoms with Crippen LogP contribution in [0.2, 0.25) is 0 Å². The average Bonchev–Trinajstić information content (AvgIpc) is 2.27. The molecule has 0 spiro atoms. The van der Waals surface area contributed by atoms with Crippen molar-refractivity contribution in [1.82, 2.24) is 0 Å². The summed E-state index contributed by atoms with van der Waals surface area (Å²) in [6.45, 7) is 0. The molecule has 2 nitrogen and oxygen atoms in total. The predicted octanol–water partition coefficient (Wildman–Crippen LogP) is 1.14. The first-order valence-electron chi connectivity index (χ1n) is 3.53. The van der Waals surface area contributed by atoms with Crippen molar-refractivity contribution >= 4 is 16.9 Å². The second-order valence-electron chi connectivity index (χ2n) is 2.62. The van der Waals surface area contributed by atoms with Gasteiger partial charge in [0.15, 0.2) is 5.17 Å². The Morgan fingerprint density at radius 2 is 2.60 bits per heavy atom. The maximum atomic E-state index is 5.57. The van der Waals surface area contributed by atoms with E-state index in [4.69, 9.17) is 5.73 Å². The van der Waals surface area contributed by atoms with Crippen LogP contribution in [0.25, 0.3) is 0 Å². The molecule has 1 aliphatic heterocycles. The molecule has 0 bridgehead atoms.